The molecule has 1 aliphatic heterocycles. The zero-order valence-corrected chi connectivity index (χ0v) is 10.9. The summed E-state index contributed by atoms with van der Waals surface area (Å²) in [5.74, 6) is 0. The number of likely N-dealkylation sites (N-methyl/N-ethyl adjacent to an activating group) is 1. The van der Waals surface area contributed by atoms with Crippen LogP contribution in [0.1, 0.15) is 43.4 Å². The summed E-state index contributed by atoms with van der Waals surface area (Å²) >= 11 is 0. The average Bonchev–Trinajstić information content (AvgIpc) is 2.27. The van der Waals surface area contributed by atoms with Crippen LogP contribution in [-0.4, -0.2) is 18.0 Å². The van der Waals surface area contributed by atoms with E-state index in [2.05, 4.69) is 30.9 Å². The van der Waals surface area contributed by atoms with E-state index in [1.54, 1.807) is 5.56 Å². The van der Waals surface area contributed by atoms with Gasteiger partial charge in [-0.2, -0.15) is 0 Å². The molecule has 1 heterocycles. The molecule has 0 unspecified atom stereocenters. The molecule has 0 bridgehead atoms. The molecule has 1 aromatic carbocycles. The molecule has 2 heteroatoms. The Balaban J connectivity index is 2.17. The van der Waals surface area contributed by atoms with Gasteiger partial charge in [-0.1, -0.05) is 13.8 Å². The lowest BCUT2D eigenvalue weighted by Crippen LogP contribution is -2.45. The second kappa shape index (κ2) is 3.74. The van der Waals surface area contributed by atoms with Crippen molar-refractivity contribution < 1.29 is 0 Å². The number of hydrogen-bond acceptors (Lipinski definition) is 2. The highest BCUT2D eigenvalue weighted by Gasteiger charge is 2.38. The number of rotatable bonds is 1. The molecule has 17 heavy (non-hydrogen) atoms. The summed E-state index contributed by atoms with van der Waals surface area (Å²) in [6.07, 6.45) is 3.85. The summed E-state index contributed by atoms with van der Waals surface area (Å²) in [6, 6.07) is 4.40. The second-order valence-electron chi connectivity index (χ2n) is 5.93. The SMILES string of the molecule is CCN1Cc2cc(N)cc3c2[C@](C)(CCC3)C1. The van der Waals surface area contributed by atoms with Gasteiger partial charge in [0, 0.05) is 24.2 Å². The molecule has 0 saturated carbocycles. The number of nitrogen functional groups attached to an aromatic ring is 1. The fourth-order valence-electron chi connectivity index (χ4n) is 3.86. The lowest BCUT2D eigenvalue weighted by Gasteiger charge is -2.45. The molecule has 2 N–H and O–H groups in total. The summed E-state index contributed by atoms with van der Waals surface area (Å²) in [7, 11) is 0. The monoisotopic (exact) mass is 230 g/mol. The Hall–Kier alpha value is -1.02. The normalized spacial score (nSPS) is 27.9. The van der Waals surface area contributed by atoms with Gasteiger partial charge >= 0.3 is 0 Å². The summed E-state index contributed by atoms with van der Waals surface area (Å²) in [5, 5.41) is 0. The molecular formula is C15H22N2. The van der Waals surface area contributed by atoms with Gasteiger partial charge in [-0.05, 0) is 54.6 Å². The summed E-state index contributed by atoms with van der Waals surface area (Å²) in [5.41, 5.74) is 12.0. The van der Waals surface area contributed by atoms with Crippen LogP contribution in [0.3, 0.4) is 0 Å². The zero-order valence-electron chi connectivity index (χ0n) is 10.9. The molecule has 3 rings (SSSR count). The van der Waals surface area contributed by atoms with E-state index in [4.69, 9.17) is 5.73 Å². The second-order valence-corrected chi connectivity index (χ2v) is 5.93. The Morgan fingerprint density at radius 1 is 1.35 bits per heavy atom. The highest BCUT2D eigenvalue weighted by molar-refractivity contribution is 5.54. The van der Waals surface area contributed by atoms with Gasteiger partial charge in [-0.3, -0.25) is 4.90 Å². The Morgan fingerprint density at radius 3 is 2.88 bits per heavy atom. The van der Waals surface area contributed by atoms with Crippen LogP contribution in [0.2, 0.25) is 0 Å². The maximum Gasteiger partial charge on any atom is 0.0320 e. The highest BCUT2D eigenvalue weighted by atomic mass is 15.1. The molecule has 2 aliphatic rings. The van der Waals surface area contributed by atoms with Crippen molar-refractivity contribution in [3.63, 3.8) is 0 Å². The van der Waals surface area contributed by atoms with Gasteiger partial charge in [0.2, 0.25) is 0 Å². The van der Waals surface area contributed by atoms with E-state index in [-0.39, 0.29) is 0 Å². The van der Waals surface area contributed by atoms with Crippen LogP contribution in [0, 0.1) is 0 Å². The lowest BCUT2D eigenvalue weighted by molar-refractivity contribution is 0.177. The molecule has 1 aromatic rings. The van der Waals surface area contributed by atoms with Crippen molar-refractivity contribution in [2.24, 2.45) is 0 Å². The number of anilines is 1. The number of nitrogens with two attached hydrogens (primary N) is 1. The van der Waals surface area contributed by atoms with Gasteiger partial charge in [0.25, 0.3) is 0 Å². The van der Waals surface area contributed by atoms with Gasteiger partial charge in [0.05, 0.1) is 0 Å². The molecular weight excluding hydrogens is 208 g/mol. The molecule has 0 radical (unpaired) electrons. The van der Waals surface area contributed by atoms with Crippen LogP contribution in [0.5, 0.6) is 0 Å². The van der Waals surface area contributed by atoms with E-state index in [0.717, 1.165) is 18.8 Å². The average molecular weight is 230 g/mol. The first kappa shape index (κ1) is 11.1. The number of aryl methyl sites for hydroxylation is 1. The van der Waals surface area contributed by atoms with Gasteiger partial charge in [-0.15, -0.1) is 0 Å². The van der Waals surface area contributed by atoms with Crippen molar-refractivity contribution in [3.05, 3.63) is 28.8 Å². The summed E-state index contributed by atoms with van der Waals surface area (Å²) in [4.78, 5) is 2.55. The van der Waals surface area contributed by atoms with Crippen molar-refractivity contribution in [1.82, 2.24) is 4.90 Å². The lowest BCUT2D eigenvalue weighted by atomic mass is 9.67. The molecule has 0 saturated heterocycles. The standard InChI is InChI=1S/C15H22N2/c1-3-17-9-12-8-13(16)7-11-5-4-6-15(2,10-17)14(11)12/h7-8H,3-6,9-10,16H2,1-2H3/t15-/m1/s1. The third-order valence-electron chi connectivity index (χ3n) is 4.52. The Morgan fingerprint density at radius 2 is 2.12 bits per heavy atom. The minimum atomic E-state index is 0.366. The van der Waals surface area contributed by atoms with Crippen LogP contribution < -0.4 is 5.73 Å². The number of hydrogen-bond donors (Lipinski definition) is 1. The van der Waals surface area contributed by atoms with E-state index < -0.39 is 0 Å². The van der Waals surface area contributed by atoms with Crippen molar-refractivity contribution in [1.29, 1.82) is 0 Å². The molecule has 0 aromatic heterocycles. The summed E-state index contributed by atoms with van der Waals surface area (Å²) < 4.78 is 0. The van der Waals surface area contributed by atoms with E-state index in [9.17, 15) is 0 Å². The third kappa shape index (κ3) is 1.66. The highest BCUT2D eigenvalue weighted by Crippen LogP contribution is 2.43. The van der Waals surface area contributed by atoms with Crippen LogP contribution >= 0.6 is 0 Å². The van der Waals surface area contributed by atoms with Gasteiger partial charge < -0.3 is 5.73 Å². The van der Waals surface area contributed by atoms with Crippen LogP contribution in [0.25, 0.3) is 0 Å². The fourth-order valence-corrected chi connectivity index (χ4v) is 3.86. The van der Waals surface area contributed by atoms with Gasteiger partial charge in [0.15, 0.2) is 0 Å². The van der Waals surface area contributed by atoms with Crippen LogP contribution in [0.4, 0.5) is 5.69 Å². The van der Waals surface area contributed by atoms with Crippen LogP contribution in [-0.2, 0) is 18.4 Å². The van der Waals surface area contributed by atoms with Crippen molar-refractivity contribution >= 4 is 5.69 Å². The quantitative estimate of drug-likeness (QED) is 0.752. The molecule has 1 aliphatic carbocycles. The predicted molar refractivity (Wildman–Crippen MR) is 72.1 cm³/mol. The Labute approximate surface area is 104 Å². The Bertz CT molecular complexity index is 452. The van der Waals surface area contributed by atoms with Gasteiger partial charge in [0.1, 0.15) is 0 Å². The molecule has 1 atom stereocenters. The largest absolute Gasteiger partial charge is 0.399 e. The number of nitrogens with zero attached hydrogens (tertiary/aromatic N) is 1. The summed E-state index contributed by atoms with van der Waals surface area (Å²) in [6.45, 7) is 8.13. The van der Waals surface area contributed by atoms with Crippen molar-refractivity contribution in [2.45, 2.75) is 45.1 Å². The van der Waals surface area contributed by atoms with Crippen molar-refractivity contribution in [3.8, 4) is 0 Å². The molecule has 0 fully saturated rings. The van der Waals surface area contributed by atoms with Crippen LogP contribution in [0.15, 0.2) is 12.1 Å². The third-order valence-corrected chi connectivity index (χ3v) is 4.52. The molecule has 92 valence electrons. The molecule has 2 nitrogen and oxygen atoms in total. The molecule has 0 amide bonds. The van der Waals surface area contributed by atoms with Gasteiger partial charge in [-0.25, -0.2) is 0 Å². The van der Waals surface area contributed by atoms with E-state index in [1.807, 2.05) is 0 Å². The van der Waals surface area contributed by atoms with E-state index in [0.29, 0.717) is 5.41 Å². The minimum Gasteiger partial charge on any atom is -0.399 e. The predicted octanol–water partition coefficient (Wildman–Crippen LogP) is 2.70. The Kier molecular flexibility index (Phi) is 2.44. The first-order valence-corrected chi connectivity index (χ1v) is 6.76. The topological polar surface area (TPSA) is 29.3 Å². The smallest absolute Gasteiger partial charge is 0.0320 e. The molecule has 0 spiro atoms. The fraction of sp³-hybridized carbons (Fsp3) is 0.600. The first-order chi connectivity index (χ1) is 8.12. The zero-order chi connectivity index (χ0) is 12.0. The first-order valence-electron chi connectivity index (χ1n) is 6.76. The van der Waals surface area contributed by atoms with E-state index in [1.165, 1.54) is 36.9 Å². The van der Waals surface area contributed by atoms with E-state index >= 15 is 0 Å². The number of benzene rings is 1. The minimum absolute atomic E-state index is 0.366. The maximum atomic E-state index is 6.04. The maximum absolute atomic E-state index is 6.04. The van der Waals surface area contributed by atoms with Crippen molar-refractivity contribution in [2.75, 3.05) is 18.8 Å².